The molecule has 1 aromatic carbocycles. The van der Waals surface area contributed by atoms with E-state index in [0.29, 0.717) is 11.1 Å². The van der Waals surface area contributed by atoms with E-state index in [2.05, 4.69) is 4.74 Å². The van der Waals surface area contributed by atoms with Crippen molar-refractivity contribution in [3.05, 3.63) is 51.7 Å². The number of rotatable bonds is 4. The molecule has 0 aliphatic carbocycles. The number of carbonyl (C=O) groups is 1. The highest BCUT2D eigenvalue weighted by Gasteiger charge is 2.12. The zero-order valence-corrected chi connectivity index (χ0v) is 10.3. The molecular weight excluding hydrogens is 258 g/mol. The van der Waals surface area contributed by atoms with E-state index < -0.39 is 6.61 Å². The third-order valence-electron chi connectivity index (χ3n) is 2.31. The van der Waals surface area contributed by atoms with Crippen LogP contribution in [0.2, 0.25) is 0 Å². The molecule has 0 spiro atoms. The molecule has 2 nitrogen and oxygen atoms in total. The summed E-state index contributed by atoms with van der Waals surface area (Å²) in [6.07, 6.45) is 0. The van der Waals surface area contributed by atoms with Gasteiger partial charge in [0, 0.05) is 21.4 Å². The van der Waals surface area contributed by atoms with Gasteiger partial charge in [0.1, 0.15) is 5.75 Å². The summed E-state index contributed by atoms with van der Waals surface area (Å²) in [5.41, 5.74) is 0.901. The van der Waals surface area contributed by atoms with Crippen molar-refractivity contribution in [1.29, 1.82) is 0 Å². The fourth-order valence-corrected chi connectivity index (χ4v) is 2.23. The van der Waals surface area contributed by atoms with E-state index in [0.717, 1.165) is 4.88 Å². The number of ether oxygens (including phenoxy) is 1. The molecule has 18 heavy (non-hydrogen) atoms. The lowest BCUT2D eigenvalue weighted by molar-refractivity contribution is -0.0498. The van der Waals surface area contributed by atoms with Crippen LogP contribution in [-0.2, 0) is 0 Å². The fraction of sp³-hybridized carbons (Fsp3) is 0.154. The predicted molar refractivity (Wildman–Crippen MR) is 65.6 cm³/mol. The number of halogens is 2. The molecule has 94 valence electrons. The largest absolute Gasteiger partial charge is 0.435 e. The first kappa shape index (κ1) is 12.7. The maximum Gasteiger partial charge on any atom is 0.387 e. The molecule has 0 aliphatic rings. The number of hydrogen-bond acceptors (Lipinski definition) is 3. The summed E-state index contributed by atoms with van der Waals surface area (Å²) in [6, 6.07) is 7.58. The van der Waals surface area contributed by atoms with Gasteiger partial charge in [-0.1, -0.05) is 12.1 Å². The van der Waals surface area contributed by atoms with E-state index in [1.807, 2.05) is 6.92 Å². The molecule has 0 saturated heterocycles. The van der Waals surface area contributed by atoms with Gasteiger partial charge in [-0.15, -0.1) is 11.3 Å². The predicted octanol–water partition coefficient (Wildman–Crippen LogP) is 3.89. The Hall–Kier alpha value is -1.75. The molecule has 0 bridgehead atoms. The van der Waals surface area contributed by atoms with Crippen molar-refractivity contribution in [2.75, 3.05) is 0 Å². The third kappa shape index (κ3) is 2.92. The van der Waals surface area contributed by atoms with Crippen molar-refractivity contribution in [2.24, 2.45) is 0 Å². The topological polar surface area (TPSA) is 26.3 Å². The Bertz CT molecular complexity index is 564. The van der Waals surface area contributed by atoms with Gasteiger partial charge in [-0.25, -0.2) is 0 Å². The number of alkyl halides is 2. The molecule has 0 unspecified atom stereocenters. The second kappa shape index (κ2) is 5.27. The first-order valence-corrected chi connectivity index (χ1v) is 6.09. The zero-order chi connectivity index (χ0) is 13.1. The highest BCUT2D eigenvalue weighted by Crippen LogP contribution is 2.21. The van der Waals surface area contributed by atoms with Gasteiger partial charge in [-0.05, 0) is 25.1 Å². The number of thiophene rings is 1. The summed E-state index contributed by atoms with van der Waals surface area (Å²) in [6.45, 7) is -0.989. The number of carbonyl (C=O) groups excluding carboxylic acids is 1. The van der Waals surface area contributed by atoms with Gasteiger partial charge in [0.15, 0.2) is 5.78 Å². The van der Waals surface area contributed by atoms with Crippen molar-refractivity contribution in [1.82, 2.24) is 0 Å². The van der Waals surface area contributed by atoms with Crippen LogP contribution in [0.4, 0.5) is 8.78 Å². The second-order valence-corrected chi connectivity index (χ2v) is 4.80. The lowest BCUT2D eigenvalue weighted by Crippen LogP contribution is -2.04. The summed E-state index contributed by atoms with van der Waals surface area (Å²) in [5, 5.41) is 1.75. The monoisotopic (exact) mass is 268 g/mol. The number of aryl methyl sites for hydroxylation is 1. The average molecular weight is 268 g/mol. The fourth-order valence-electron chi connectivity index (χ4n) is 1.54. The molecule has 0 amide bonds. The molecule has 5 heteroatoms. The molecule has 1 aromatic heterocycles. The Morgan fingerprint density at radius 2 is 2.06 bits per heavy atom. The van der Waals surface area contributed by atoms with Gasteiger partial charge in [-0.2, -0.15) is 8.78 Å². The molecule has 0 aliphatic heterocycles. The SMILES string of the molecule is Cc1cc(C(=O)c2cccc(OC(F)F)c2)cs1. The number of benzene rings is 1. The number of hydrogen-bond donors (Lipinski definition) is 0. The minimum atomic E-state index is -2.89. The van der Waals surface area contributed by atoms with E-state index in [1.54, 1.807) is 17.5 Å². The van der Waals surface area contributed by atoms with Crippen LogP contribution < -0.4 is 4.74 Å². The minimum absolute atomic E-state index is 0.0113. The summed E-state index contributed by atoms with van der Waals surface area (Å²) < 4.78 is 28.4. The van der Waals surface area contributed by atoms with Crippen LogP contribution in [0.1, 0.15) is 20.8 Å². The lowest BCUT2D eigenvalue weighted by Gasteiger charge is -2.05. The molecular formula is C13H10F2O2S. The first-order chi connectivity index (χ1) is 8.56. The van der Waals surface area contributed by atoms with Crippen LogP contribution in [0.15, 0.2) is 35.7 Å². The zero-order valence-electron chi connectivity index (χ0n) is 9.52. The maximum atomic E-state index is 12.1. The standard InChI is InChI=1S/C13H10F2O2S/c1-8-5-10(7-18-8)12(16)9-3-2-4-11(6-9)17-13(14)15/h2-7,13H,1H3. The van der Waals surface area contributed by atoms with Crippen molar-refractivity contribution in [2.45, 2.75) is 13.5 Å². The quantitative estimate of drug-likeness (QED) is 0.786. The van der Waals surface area contributed by atoms with E-state index in [4.69, 9.17) is 0 Å². The van der Waals surface area contributed by atoms with Crippen LogP contribution in [0, 0.1) is 6.92 Å². The molecule has 2 aromatic rings. The van der Waals surface area contributed by atoms with Gasteiger partial charge in [-0.3, -0.25) is 4.79 Å². The Labute approximate surface area is 107 Å². The molecule has 0 atom stereocenters. The summed E-state index contributed by atoms with van der Waals surface area (Å²) >= 11 is 1.47. The maximum absolute atomic E-state index is 12.1. The second-order valence-electron chi connectivity index (χ2n) is 3.68. The average Bonchev–Trinajstić information content (AvgIpc) is 2.74. The highest BCUT2D eigenvalue weighted by atomic mass is 32.1. The van der Waals surface area contributed by atoms with E-state index in [1.165, 1.54) is 29.5 Å². The van der Waals surface area contributed by atoms with E-state index in [-0.39, 0.29) is 11.5 Å². The molecule has 0 radical (unpaired) electrons. The van der Waals surface area contributed by atoms with Crippen molar-refractivity contribution in [3.63, 3.8) is 0 Å². The van der Waals surface area contributed by atoms with Crippen molar-refractivity contribution in [3.8, 4) is 5.75 Å². The Kier molecular flexibility index (Phi) is 3.72. The normalized spacial score (nSPS) is 10.7. The van der Waals surface area contributed by atoms with Crippen LogP contribution in [0.25, 0.3) is 0 Å². The highest BCUT2D eigenvalue weighted by molar-refractivity contribution is 7.10. The van der Waals surface area contributed by atoms with Crippen molar-refractivity contribution < 1.29 is 18.3 Å². The van der Waals surface area contributed by atoms with Crippen LogP contribution >= 0.6 is 11.3 Å². The van der Waals surface area contributed by atoms with Gasteiger partial charge in [0.2, 0.25) is 0 Å². The number of ketones is 1. The molecule has 0 saturated carbocycles. The molecule has 1 heterocycles. The summed E-state index contributed by atoms with van der Waals surface area (Å²) in [7, 11) is 0. The Morgan fingerprint density at radius 1 is 1.28 bits per heavy atom. The first-order valence-electron chi connectivity index (χ1n) is 5.21. The summed E-state index contributed by atoms with van der Waals surface area (Å²) in [5.74, 6) is -0.207. The van der Waals surface area contributed by atoms with Crippen molar-refractivity contribution >= 4 is 17.1 Å². The van der Waals surface area contributed by atoms with E-state index >= 15 is 0 Å². The third-order valence-corrected chi connectivity index (χ3v) is 3.18. The molecule has 0 fully saturated rings. The summed E-state index contributed by atoms with van der Waals surface area (Å²) in [4.78, 5) is 13.1. The van der Waals surface area contributed by atoms with E-state index in [9.17, 15) is 13.6 Å². The van der Waals surface area contributed by atoms with Crippen LogP contribution in [-0.4, -0.2) is 12.4 Å². The van der Waals surface area contributed by atoms with Gasteiger partial charge in [0.25, 0.3) is 0 Å². The molecule has 0 N–H and O–H groups in total. The smallest absolute Gasteiger partial charge is 0.387 e. The Morgan fingerprint density at radius 3 is 2.67 bits per heavy atom. The van der Waals surface area contributed by atoms with Gasteiger partial charge >= 0.3 is 6.61 Å². The van der Waals surface area contributed by atoms with Gasteiger partial charge in [0.05, 0.1) is 0 Å². The Balaban J connectivity index is 2.25. The van der Waals surface area contributed by atoms with Crippen LogP contribution in [0.3, 0.4) is 0 Å². The lowest BCUT2D eigenvalue weighted by atomic mass is 10.1. The molecule has 2 rings (SSSR count). The van der Waals surface area contributed by atoms with Crippen LogP contribution in [0.5, 0.6) is 5.75 Å². The van der Waals surface area contributed by atoms with Gasteiger partial charge < -0.3 is 4.74 Å². The minimum Gasteiger partial charge on any atom is -0.435 e.